The Bertz CT molecular complexity index is 437. The molecule has 112 valence electrons. The summed E-state index contributed by atoms with van der Waals surface area (Å²) in [5, 5.41) is 3.68. The maximum atomic E-state index is 5.44. The summed E-state index contributed by atoms with van der Waals surface area (Å²) >= 11 is 3.62. The van der Waals surface area contributed by atoms with E-state index in [1.54, 1.807) is 0 Å². The second-order valence-corrected chi connectivity index (χ2v) is 6.16. The number of nitrogens with one attached hydrogen (secondary N) is 1. The van der Waals surface area contributed by atoms with Gasteiger partial charge in [0.25, 0.3) is 0 Å². The second-order valence-electron chi connectivity index (χ2n) is 5.31. The van der Waals surface area contributed by atoms with E-state index in [0.717, 1.165) is 22.5 Å². The number of unbranched alkanes of at least 4 members (excludes halogenated alkanes) is 1. The van der Waals surface area contributed by atoms with Crippen LogP contribution in [0.15, 0.2) is 16.6 Å². The summed E-state index contributed by atoms with van der Waals surface area (Å²) in [6, 6.07) is 4.68. The van der Waals surface area contributed by atoms with E-state index in [1.807, 2.05) is 6.07 Å². The fraction of sp³-hybridized carbons (Fsp3) is 0.625. The molecule has 4 heteroatoms. The van der Waals surface area contributed by atoms with Crippen molar-refractivity contribution in [3.63, 3.8) is 0 Å². The molecule has 3 nitrogen and oxygen atoms in total. The van der Waals surface area contributed by atoms with E-state index in [0.29, 0.717) is 12.8 Å². The van der Waals surface area contributed by atoms with Crippen LogP contribution in [0.1, 0.15) is 51.5 Å². The fourth-order valence-electron chi connectivity index (χ4n) is 2.50. The third-order valence-corrected chi connectivity index (χ3v) is 4.40. The molecular weight excluding hydrogens is 318 g/mol. The van der Waals surface area contributed by atoms with Gasteiger partial charge >= 0.3 is 0 Å². The van der Waals surface area contributed by atoms with Crippen LogP contribution in [0.25, 0.3) is 0 Å². The van der Waals surface area contributed by atoms with Crippen LogP contribution >= 0.6 is 15.9 Å². The second kappa shape index (κ2) is 7.89. The zero-order chi connectivity index (χ0) is 14.4. The molecule has 2 rings (SSSR count). The lowest BCUT2D eigenvalue weighted by atomic mass is 10.0. The summed E-state index contributed by atoms with van der Waals surface area (Å²) in [7, 11) is 0. The van der Waals surface area contributed by atoms with E-state index in [1.165, 1.54) is 37.7 Å². The zero-order valence-electron chi connectivity index (χ0n) is 12.4. The van der Waals surface area contributed by atoms with Crippen LogP contribution in [0.4, 0.5) is 0 Å². The van der Waals surface area contributed by atoms with Crippen molar-refractivity contribution >= 4 is 15.9 Å². The normalized spacial score (nSPS) is 14.6. The van der Waals surface area contributed by atoms with Gasteiger partial charge in [-0.3, -0.25) is 0 Å². The molecule has 0 fully saturated rings. The fourth-order valence-corrected chi connectivity index (χ4v) is 2.96. The third-order valence-electron chi connectivity index (χ3n) is 3.67. The molecule has 0 saturated carbocycles. The molecule has 0 aromatic heterocycles. The maximum absolute atomic E-state index is 5.44. The molecule has 1 unspecified atom stereocenters. The molecule has 20 heavy (non-hydrogen) atoms. The molecule has 0 amide bonds. The molecule has 0 aliphatic carbocycles. The summed E-state index contributed by atoms with van der Waals surface area (Å²) in [6.07, 6.45) is 6.27. The average Bonchev–Trinajstić information content (AvgIpc) is 2.88. The zero-order valence-corrected chi connectivity index (χ0v) is 14.0. The number of hydrogen-bond acceptors (Lipinski definition) is 3. The predicted octanol–water partition coefficient (Wildman–Crippen LogP) is 4.63. The number of ether oxygens (including phenoxy) is 2. The lowest BCUT2D eigenvalue weighted by Crippen LogP contribution is -2.28. The SMILES string of the molecule is CCCCC(CCC)NCc1cc2c(cc1Br)OCO2. The van der Waals surface area contributed by atoms with Crippen LogP contribution in [0.5, 0.6) is 11.5 Å². The van der Waals surface area contributed by atoms with Crippen molar-refractivity contribution in [1.29, 1.82) is 0 Å². The van der Waals surface area contributed by atoms with E-state index in [4.69, 9.17) is 9.47 Å². The van der Waals surface area contributed by atoms with Gasteiger partial charge in [0.2, 0.25) is 6.79 Å². The quantitative estimate of drug-likeness (QED) is 0.747. The number of fused-ring (bicyclic) bond motifs is 1. The van der Waals surface area contributed by atoms with Gasteiger partial charge in [0.15, 0.2) is 11.5 Å². The predicted molar refractivity (Wildman–Crippen MR) is 85.3 cm³/mol. The van der Waals surface area contributed by atoms with Crippen LogP contribution < -0.4 is 14.8 Å². The Morgan fingerprint density at radius 1 is 1.15 bits per heavy atom. The molecule has 1 heterocycles. The molecule has 0 bridgehead atoms. The summed E-state index contributed by atoms with van der Waals surface area (Å²) in [6.45, 7) is 5.69. The first-order chi connectivity index (χ1) is 9.74. The molecule has 0 saturated heterocycles. The Labute approximate surface area is 130 Å². The largest absolute Gasteiger partial charge is 0.454 e. The van der Waals surface area contributed by atoms with Gasteiger partial charge in [-0.05, 0) is 30.5 Å². The number of hydrogen-bond donors (Lipinski definition) is 1. The number of rotatable bonds is 8. The monoisotopic (exact) mass is 341 g/mol. The maximum Gasteiger partial charge on any atom is 0.231 e. The van der Waals surface area contributed by atoms with E-state index in [2.05, 4.69) is 41.2 Å². The van der Waals surface area contributed by atoms with E-state index in [-0.39, 0.29) is 0 Å². The van der Waals surface area contributed by atoms with Crippen LogP contribution in [0.3, 0.4) is 0 Å². The van der Waals surface area contributed by atoms with Crippen molar-refractivity contribution in [2.45, 2.75) is 58.5 Å². The van der Waals surface area contributed by atoms with Gasteiger partial charge < -0.3 is 14.8 Å². The molecule has 1 aliphatic heterocycles. The van der Waals surface area contributed by atoms with Crippen LogP contribution in [0.2, 0.25) is 0 Å². The first-order valence-electron chi connectivity index (χ1n) is 7.56. The highest BCUT2D eigenvalue weighted by Crippen LogP contribution is 2.36. The first kappa shape index (κ1) is 15.6. The van der Waals surface area contributed by atoms with Gasteiger partial charge in [-0.2, -0.15) is 0 Å². The van der Waals surface area contributed by atoms with E-state index < -0.39 is 0 Å². The van der Waals surface area contributed by atoms with Crippen molar-refractivity contribution in [3.8, 4) is 11.5 Å². The van der Waals surface area contributed by atoms with Crippen molar-refractivity contribution in [3.05, 3.63) is 22.2 Å². The molecule has 0 radical (unpaired) electrons. The van der Waals surface area contributed by atoms with Crippen molar-refractivity contribution in [1.82, 2.24) is 5.32 Å². The summed E-state index contributed by atoms with van der Waals surface area (Å²) in [4.78, 5) is 0. The molecule has 1 aromatic carbocycles. The number of halogens is 1. The van der Waals surface area contributed by atoms with Crippen molar-refractivity contribution in [2.75, 3.05) is 6.79 Å². The summed E-state index contributed by atoms with van der Waals surface area (Å²) < 4.78 is 11.9. The Kier molecular flexibility index (Phi) is 6.17. The minimum atomic E-state index is 0.327. The Hall–Kier alpha value is -0.740. The number of benzene rings is 1. The highest BCUT2D eigenvalue weighted by molar-refractivity contribution is 9.10. The lowest BCUT2D eigenvalue weighted by Gasteiger charge is -2.18. The summed E-state index contributed by atoms with van der Waals surface area (Å²) in [5.41, 5.74) is 1.23. The Morgan fingerprint density at radius 2 is 1.90 bits per heavy atom. The molecule has 1 atom stereocenters. The van der Waals surface area contributed by atoms with Gasteiger partial charge in [-0.1, -0.05) is 49.0 Å². The molecule has 0 spiro atoms. The molecule has 1 aromatic rings. The van der Waals surface area contributed by atoms with Crippen LogP contribution in [-0.4, -0.2) is 12.8 Å². The van der Waals surface area contributed by atoms with Gasteiger partial charge in [-0.15, -0.1) is 0 Å². The van der Waals surface area contributed by atoms with Crippen molar-refractivity contribution in [2.24, 2.45) is 0 Å². The van der Waals surface area contributed by atoms with Crippen LogP contribution in [0, 0.1) is 0 Å². The van der Waals surface area contributed by atoms with Gasteiger partial charge in [-0.25, -0.2) is 0 Å². The average molecular weight is 342 g/mol. The minimum absolute atomic E-state index is 0.327. The highest BCUT2D eigenvalue weighted by atomic mass is 79.9. The topological polar surface area (TPSA) is 30.5 Å². The smallest absolute Gasteiger partial charge is 0.231 e. The van der Waals surface area contributed by atoms with Gasteiger partial charge in [0, 0.05) is 17.1 Å². The van der Waals surface area contributed by atoms with Crippen LogP contribution in [-0.2, 0) is 6.54 Å². The van der Waals surface area contributed by atoms with E-state index >= 15 is 0 Å². The van der Waals surface area contributed by atoms with Gasteiger partial charge in [0.05, 0.1) is 0 Å². The first-order valence-corrected chi connectivity index (χ1v) is 8.35. The Morgan fingerprint density at radius 3 is 2.60 bits per heavy atom. The molecular formula is C16H24BrNO2. The Balaban J connectivity index is 1.95. The highest BCUT2D eigenvalue weighted by Gasteiger charge is 2.16. The molecule has 1 N–H and O–H groups in total. The van der Waals surface area contributed by atoms with E-state index in [9.17, 15) is 0 Å². The lowest BCUT2D eigenvalue weighted by molar-refractivity contribution is 0.174. The molecule has 1 aliphatic rings. The van der Waals surface area contributed by atoms with Crippen molar-refractivity contribution < 1.29 is 9.47 Å². The van der Waals surface area contributed by atoms with Gasteiger partial charge in [0.1, 0.15) is 0 Å². The standard InChI is InChI=1S/C16H24BrNO2/c1-3-5-7-13(6-4-2)18-10-12-8-15-16(9-14(12)17)20-11-19-15/h8-9,13,18H,3-7,10-11H2,1-2H3. The third kappa shape index (κ3) is 4.13. The summed E-state index contributed by atoms with van der Waals surface area (Å²) in [5.74, 6) is 1.68. The minimum Gasteiger partial charge on any atom is -0.454 e.